The van der Waals surface area contributed by atoms with Gasteiger partial charge in [0.05, 0.1) is 0 Å². The molecule has 0 radical (unpaired) electrons. The van der Waals surface area contributed by atoms with Crippen LogP contribution in [0, 0.1) is 0 Å². The Balaban J connectivity index is 2.10. The Morgan fingerprint density at radius 3 is 2.67 bits per heavy atom. The van der Waals surface area contributed by atoms with Crippen LogP contribution in [0.4, 0.5) is 0 Å². The number of nitrogens with one attached hydrogen (secondary N) is 1. The van der Waals surface area contributed by atoms with Gasteiger partial charge in [-0.2, -0.15) is 0 Å². The van der Waals surface area contributed by atoms with Crippen LogP contribution in [0.5, 0.6) is 5.75 Å². The van der Waals surface area contributed by atoms with E-state index < -0.39 is 0 Å². The Morgan fingerprint density at radius 1 is 1.28 bits per heavy atom. The molecule has 1 aliphatic heterocycles. The lowest BCUT2D eigenvalue weighted by molar-refractivity contribution is 0.137. The minimum absolute atomic E-state index is 0.0483. The SMILES string of the molecule is CCC(CC)NCc1cccc2c1OC(C)(C)C2. The van der Waals surface area contributed by atoms with E-state index in [-0.39, 0.29) is 5.60 Å². The van der Waals surface area contributed by atoms with E-state index in [1.807, 2.05) is 0 Å². The lowest BCUT2D eigenvalue weighted by Crippen LogP contribution is -2.28. The summed E-state index contributed by atoms with van der Waals surface area (Å²) in [7, 11) is 0. The van der Waals surface area contributed by atoms with Gasteiger partial charge in [-0.15, -0.1) is 0 Å². The molecule has 1 aromatic rings. The predicted molar refractivity (Wildman–Crippen MR) is 76.1 cm³/mol. The van der Waals surface area contributed by atoms with Crippen molar-refractivity contribution in [1.82, 2.24) is 5.32 Å². The summed E-state index contributed by atoms with van der Waals surface area (Å²) in [5, 5.41) is 3.61. The van der Waals surface area contributed by atoms with Gasteiger partial charge in [-0.05, 0) is 32.3 Å². The Morgan fingerprint density at radius 2 is 2.00 bits per heavy atom. The third kappa shape index (κ3) is 2.86. The van der Waals surface area contributed by atoms with Gasteiger partial charge in [0.15, 0.2) is 0 Å². The van der Waals surface area contributed by atoms with Crippen LogP contribution < -0.4 is 10.1 Å². The fraction of sp³-hybridized carbons (Fsp3) is 0.625. The van der Waals surface area contributed by atoms with Crippen molar-refractivity contribution in [3.8, 4) is 5.75 Å². The van der Waals surface area contributed by atoms with E-state index in [1.165, 1.54) is 24.0 Å². The van der Waals surface area contributed by atoms with E-state index in [0.717, 1.165) is 18.7 Å². The largest absolute Gasteiger partial charge is 0.487 e. The monoisotopic (exact) mass is 247 g/mol. The molecule has 100 valence electrons. The fourth-order valence-electron chi connectivity index (χ4n) is 2.65. The van der Waals surface area contributed by atoms with Gasteiger partial charge in [0, 0.05) is 24.6 Å². The maximum Gasteiger partial charge on any atom is 0.127 e. The molecule has 1 aromatic carbocycles. The van der Waals surface area contributed by atoms with Crippen LogP contribution in [-0.2, 0) is 13.0 Å². The Labute approximate surface area is 111 Å². The minimum Gasteiger partial charge on any atom is -0.487 e. The van der Waals surface area contributed by atoms with E-state index in [0.29, 0.717) is 6.04 Å². The highest BCUT2D eigenvalue weighted by molar-refractivity contribution is 5.45. The zero-order chi connectivity index (χ0) is 13.2. The first kappa shape index (κ1) is 13.4. The highest BCUT2D eigenvalue weighted by Gasteiger charge is 2.31. The van der Waals surface area contributed by atoms with E-state index in [9.17, 15) is 0 Å². The zero-order valence-corrected chi connectivity index (χ0v) is 12.0. The molecular weight excluding hydrogens is 222 g/mol. The maximum atomic E-state index is 6.08. The Hall–Kier alpha value is -1.02. The average Bonchev–Trinajstić information content (AvgIpc) is 2.65. The van der Waals surface area contributed by atoms with Crippen molar-refractivity contribution in [2.75, 3.05) is 0 Å². The van der Waals surface area contributed by atoms with Gasteiger partial charge in [-0.25, -0.2) is 0 Å². The summed E-state index contributed by atoms with van der Waals surface area (Å²) >= 11 is 0. The number of ether oxygens (including phenoxy) is 1. The Bertz CT molecular complexity index is 408. The molecule has 0 amide bonds. The summed E-state index contributed by atoms with van der Waals surface area (Å²) in [5.41, 5.74) is 2.60. The molecular formula is C16H25NO. The number of benzene rings is 1. The minimum atomic E-state index is -0.0483. The van der Waals surface area contributed by atoms with Crippen molar-refractivity contribution in [1.29, 1.82) is 0 Å². The van der Waals surface area contributed by atoms with Crippen LogP contribution in [0.25, 0.3) is 0 Å². The van der Waals surface area contributed by atoms with Gasteiger partial charge in [-0.1, -0.05) is 32.0 Å². The first-order valence-corrected chi connectivity index (χ1v) is 7.09. The van der Waals surface area contributed by atoms with Crippen LogP contribution >= 0.6 is 0 Å². The average molecular weight is 247 g/mol. The summed E-state index contributed by atoms with van der Waals surface area (Å²) in [5.74, 6) is 1.11. The third-order valence-corrected chi connectivity index (χ3v) is 3.74. The number of fused-ring (bicyclic) bond motifs is 1. The molecule has 2 heteroatoms. The third-order valence-electron chi connectivity index (χ3n) is 3.74. The first-order chi connectivity index (χ1) is 8.55. The van der Waals surface area contributed by atoms with Crippen LogP contribution in [0.2, 0.25) is 0 Å². The number of hydrogen-bond acceptors (Lipinski definition) is 2. The molecule has 1 N–H and O–H groups in total. The molecule has 2 rings (SSSR count). The summed E-state index contributed by atoms with van der Waals surface area (Å²) in [6.07, 6.45) is 3.37. The second-order valence-electron chi connectivity index (χ2n) is 5.84. The standard InChI is InChI=1S/C16H25NO/c1-5-14(6-2)17-11-13-9-7-8-12-10-16(3,4)18-15(12)13/h7-9,14,17H,5-6,10-11H2,1-4H3. The first-order valence-electron chi connectivity index (χ1n) is 7.09. The molecule has 0 aliphatic carbocycles. The molecule has 0 fully saturated rings. The van der Waals surface area contributed by atoms with Gasteiger partial charge in [0.1, 0.15) is 11.4 Å². The van der Waals surface area contributed by atoms with Crippen LogP contribution in [0.3, 0.4) is 0 Å². The van der Waals surface area contributed by atoms with E-state index >= 15 is 0 Å². The molecule has 0 atom stereocenters. The Kier molecular flexibility index (Phi) is 3.96. The fourth-order valence-corrected chi connectivity index (χ4v) is 2.65. The lowest BCUT2D eigenvalue weighted by atomic mass is 10.0. The molecule has 0 saturated carbocycles. The number of rotatable bonds is 5. The second kappa shape index (κ2) is 5.31. The van der Waals surface area contributed by atoms with Crippen molar-refractivity contribution < 1.29 is 4.74 Å². The summed E-state index contributed by atoms with van der Waals surface area (Å²) in [6, 6.07) is 7.11. The molecule has 1 heterocycles. The molecule has 0 saturated heterocycles. The lowest BCUT2D eigenvalue weighted by Gasteiger charge is -2.19. The van der Waals surface area contributed by atoms with Crippen molar-refractivity contribution in [2.45, 2.75) is 65.1 Å². The van der Waals surface area contributed by atoms with Gasteiger partial charge in [-0.3, -0.25) is 0 Å². The van der Waals surface area contributed by atoms with Crippen molar-refractivity contribution in [3.05, 3.63) is 29.3 Å². The summed E-state index contributed by atoms with van der Waals surface area (Å²) < 4.78 is 6.08. The topological polar surface area (TPSA) is 21.3 Å². The van der Waals surface area contributed by atoms with Crippen molar-refractivity contribution in [3.63, 3.8) is 0 Å². The van der Waals surface area contributed by atoms with Crippen molar-refractivity contribution in [2.24, 2.45) is 0 Å². The normalized spacial score (nSPS) is 16.7. The molecule has 2 nitrogen and oxygen atoms in total. The molecule has 0 bridgehead atoms. The van der Waals surface area contributed by atoms with Gasteiger partial charge in [0.25, 0.3) is 0 Å². The molecule has 1 aliphatic rings. The van der Waals surface area contributed by atoms with Crippen LogP contribution in [0.1, 0.15) is 51.7 Å². The smallest absolute Gasteiger partial charge is 0.127 e. The predicted octanol–water partition coefficient (Wildman–Crippen LogP) is 3.68. The van der Waals surface area contributed by atoms with Gasteiger partial charge in [0.2, 0.25) is 0 Å². The maximum absolute atomic E-state index is 6.08. The van der Waals surface area contributed by atoms with Gasteiger partial charge >= 0.3 is 0 Å². The molecule has 0 aromatic heterocycles. The molecule has 0 unspecified atom stereocenters. The quantitative estimate of drug-likeness (QED) is 0.857. The van der Waals surface area contributed by atoms with Crippen LogP contribution in [0.15, 0.2) is 18.2 Å². The highest BCUT2D eigenvalue weighted by Crippen LogP contribution is 2.37. The zero-order valence-electron chi connectivity index (χ0n) is 12.0. The number of hydrogen-bond donors (Lipinski definition) is 1. The van der Waals surface area contributed by atoms with Gasteiger partial charge < -0.3 is 10.1 Å². The number of para-hydroxylation sites is 1. The summed E-state index contributed by atoms with van der Waals surface area (Å²) in [6.45, 7) is 9.69. The molecule has 0 spiro atoms. The van der Waals surface area contributed by atoms with Crippen LogP contribution in [-0.4, -0.2) is 11.6 Å². The molecule has 18 heavy (non-hydrogen) atoms. The van der Waals surface area contributed by atoms with E-state index in [4.69, 9.17) is 4.74 Å². The van der Waals surface area contributed by atoms with Crippen molar-refractivity contribution >= 4 is 0 Å². The van der Waals surface area contributed by atoms with E-state index in [2.05, 4.69) is 51.2 Å². The van der Waals surface area contributed by atoms with E-state index in [1.54, 1.807) is 0 Å². The highest BCUT2D eigenvalue weighted by atomic mass is 16.5. The summed E-state index contributed by atoms with van der Waals surface area (Å²) in [4.78, 5) is 0. The second-order valence-corrected chi connectivity index (χ2v) is 5.84.